The summed E-state index contributed by atoms with van der Waals surface area (Å²) in [5.74, 6) is -0.447. The Labute approximate surface area is 116 Å². The van der Waals surface area contributed by atoms with E-state index in [-0.39, 0.29) is 17.7 Å². The number of halogens is 2. The summed E-state index contributed by atoms with van der Waals surface area (Å²) in [5.41, 5.74) is 3.30. The molecule has 0 aliphatic carbocycles. The van der Waals surface area contributed by atoms with E-state index in [4.69, 9.17) is 0 Å². The second kappa shape index (κ2) is 5.55. The van der Waals surface area contributed by atoms with Crippen LogP contribution in [0, 0.1) is 11.6 Å². The fourth-order valence-electron chi connectivity index (χ4n) is 2.53. The quantitative estimate of drug-likeness (QED) is 0.867. The maximum atomic E-state index is 13.0. The molecule has 0 spiro atoms. The fourth-order valence-corrected chi connectivity index (χ4v) is 2.53. The minimum atomic E-state index is -0.224. The van der Waals surface area contributed by atoms with Gasteiger partial charge in [-0.25, -0.2) is 8.78 Å². The first-order valence-electron chi connectivity index (χ1n) is 6.66. The van der Waals surface area contributed by atoms with Gasteiger partial charge in [0.25, 0.3) is 0 Å². The van der Waals surface area contributed by atoms with Crippen LogP contribution in [0.15, 0.2) is 54.6 Å². The Hall–Kier alpha value is -2.00. The van der Waals surface area contributed by atoms with Crippen LogP contribution in [0.5, 0.6) is 0 Å². The lowest BCUT2D eigenvalue weighted by atomic mass is 9.91. The third-order valence-electron chi connectivity index (χ3n) is 3.62. The predicted octanol–water partition coefficient (Wildman–Crippen LogP) is 4.08. The van der Waals surface area contributed by atoms with Gasteiger partial charge in [0.1, 0.15) is 11.6 Å². The number of nitrogens with one attached hydrogen (secondary N) is 1. The molecule has 20 heavy (non-hydrogen) atoms. The summed E-state index contributed by atoms with van der Waals surface area (Å²) in [7, 11) is 0. The average molecular weight is 271 g/mol. The molecule has 2 aromatic carbocycles. The molecule has 0 radical (unpaired) electrons. The smallest absolute Gasteiger partial charge is 0.123 e. The van der Waals surface area contributed by atoms with Crippen LogP contribution in [0.3, 0.4) is 0 Å². The van der Waals surface area contributed by atoms with Crippen LogP contribution in [0.4, 0.5) is 8.78 Å². The van der Waals surface area contributed by atoms with Gasteiger partial charge in [0.05, 0.1) is 0 Å². The van der Waals surface area contributed by atoms with Crippen molar-refractivity contribution in [3.63, 3.8) is 0 Å². The normalized spacial score (nSPS) is 18.7. The molecule has 1 aliphatic heterocycles. The average Bonchev–Trinajstić information content (AvgIpc) is 2.49. The van der Waals surface area contributed by atoms with Crippen molar-refractivity contribution >= 4 is 5.57 Å². The number of hydrogen-bond acceptors (Lipinski definition) is 1. The first kappa shape index (κ1) is 13.0. The minimum Gasteiger partial charge on any atom is -0.306 e. The molecular weight excluding hydrogens is 256 g/mol. The summed E-state index contributed by atoms with van der Waals surface area (Å²) in [5, 5.41) is 3.39. The zero-order valence-corrected chi connectivity index (χ0v) is 10.9. The van der Waals surface area contributed by atoms with Gasteiger partial charge < -0.3 is 5.32 Å². The molecular formula is C17H15F2N. The maximum Gasteiger partial charge on any atom is 0.123 e. The van der Waals surface area contributed by atoms with Gasteiger partial charge in [-0.1, -0.05) is 30.3 Å². The first-order valence-corrected chi connectivity index (χ1v) is 6.66. The molecule has 102 valence electrons. The summed E-state index contributed by atoms with van der Waals surface area (Å²) < 4.78 is 25.9. The second-order valence-corrected chi connectivity index (χ2v) is 4.95. The van der Waals surface area contributed by atoms with Crippen molar-refractivity contribution in [2.75, 3.05) is 6.54 Å². The Bertz CT molecular complexity index is 614. The molecule has 2 aromatic rings. The Morgan fingerprint density at radius 2 is 1.45 bits per heavy atom. The third kappa shape index (κ3) is 2.78. The van der Waals surface area contributed by atoms with E-state index in [0.717, 1.165) is 24.1 Å². The van der Waals surface area contributed by atoms with Crippen LogP contribution >= 0.6 is 0 Å². The summed E-state index contributed by atoms with van der Waals surface area (Å²) in [6.45, 7) is 0.759. The van der Waals surface area contributed by atoms with Gasteiger partial charge in [0.2, 0.25) is 0 Å². The SMILES string of the molecule is Fc1ccc(C2=CCNC(c3ccc(F)cc3)C2)cc1. The molecule has 1 atom stereocenters. The van der Waals surface area contributed by atoms with Gasteiger partial charge in [-0.05, 0) is 47.4 Å². The van der Waals surface area contributed by atoms with Crippen molar-refractivity contribution in [1.82, 2.24) is 5.32 Å². The van der Waals surface area contributed by atoms with Gasteiger partial charge in [0.15, 0.2) is 0 Å². The van der Waals surface area contributed by atoms with Crippen molar-refractivity contribution in [1.29, 1.82) is 0 Å². The molecule has 1 unspecified atom stereocenters. The maximum absolute atomic E-state index is 13.0. The van der Waals surface area contributed by atoms with Crippen LogP contribution < -0.4 is 5.32 Å². The van der Waals surface area contributed by atoms with Gasteiger partial charge in [-0.2, -0.15) is 0 Å². The Kier molecular flexibility index (Phi) is 3.61. The lowest BCUT2D eigenvalue weighted by Crippen LogP contribution is -2.25. The van der Waals surface area contributed by atoms with Crippen molar-refractivity contribution in [3.05, 3.63) is 77.4 Å². The molecule has 1 nitrogen and oxygen atoms in total. The molecule has 0 fully saturated rings. The fraction of sp³-hybridized carbons (Fsp3) is 0.176. The molecule has 0 amide bonds. The van der Waals surface area contributed by atoms with Crippen LogP contribution in [0.2, 0.25) is 0 Å². The van der Waals surface area contributed by atoms with Crippen LogP contribution in [0.1, 0.15) is 23.6 Å². The van der Waals surface area contributed by atoms with Crippen molar-refractivity contribution in [3.8, 4) is 0 Å². The van der Waals surface area contributed by atoms with E-state index in [1.54, 1.807) is 24.3 Å². The zero-order valence-electron chi connectivity index (χ0n) is 10.9. The van der Waals surface area contributed by atoms with E-state index in [1.165, 1.54) is 29.8 Å². The second-order valence-electron chi connectivity index (χ2n) is 4.95. The van der Waals surface area contributed by atoms with Crippen LogP contribution in [-0.2, 0) is 0 Å². The highest BCUT2D eigenvalue weighted by Crippen LogP contribution is 2.30. The number of hydrogen-bond donors (Lipinski definition) is 1. The highest BCUT2D eigenvalue weighted by atomic mass is 19.1. The predicted molar refractivity (Wildman–Crippen MR) is 76.1 cm³/mol. The van der Waals surface area contributed by atoms with Crippen LogP contribution in [-0.4, -0.2) is 6.54 Å². The zero-order chi connectivity index (χ0) is 13.9. The van der Waals surface area contributed by atoms with Gasteiger partial charge >= 0.3 is 0 Å². The minimum absolute atomic E-state index is 0.167. The first-order chi connectivity index (χ1) is 9.72. The number of benzene rings is 2. The Morgan fingerprint density at radius 1 is 0.850 bits per heavy atom. The van der Waals surface area contributed by atoms with E-state index in [2.05, 4.69) is 11.4 Å². The molecule has 0 bridgehead atoms. The van der Waals surface area contributed by atoms with Crippen molar-refractivity contribution in [2.24, 2.45) is 0 Å². The van der Waals surface area contributed by atoms with Crippen molar-refractivity contribution < 1.29 is 8.78 Å². The van der Waals surface area contributed by atoms with Crippen LogP contribution in [0.25, 0.3) is 5.57 Å². The number of rotatable bonds is 2. The summed E-state index contributed by atoms with van der Waals surface area (Å²) >= 11 is 0. The standard InChI is InChI=1S/C17H15F2N/c18-15-5-1-12(2-6-15)14-9-10-20-17(11-14)13-3-7-16(19)8-4-13/h1-9,17,20H,10-11H2. The summed E-state index contributed by atoms with van der Waals surface area (Å²) in [6, 6.07) is 13.3. The molecule has 1 aliphatic rings. The lowest BCUT2D eigenvalue weighted by molar-refractivity contribution is 0.560. The molecule has 3 rings (SSSR count). The van der Waals surface area contributed by atoms with E-state index < -0.39 is 0 Å². The highest BCUT2D eigenvalue weighted by Gasteiger charge is 2.17. The molecule has 1 heterocycles. The summed E-state index contributed by atoms with van der Waals surface area (Å²) in [4.78, 5) is 0. The van der Waals surface area contributed by atoms with E-state index in [0.29, 0.717) is 0 Å². The van der Waals surface area contributed by atoms with Gasteiger partial charge in [-0.3, -0.25) is 0 Å². The molecule has 0 saturated heterocycles. The molecule has 1 N–H and O–H groups in total. The molecule has 0 saturated carbocycles. The topological polar surface area (TPSA) is 12.0 Å². The Morgan fingerprint density at radius 3 is 2.10 bits per heavy atom. The largest absolute Gasteiger partial charge is 0.306 e. The van der Waals surface area contributed by atoms with E-state index in [1.807, 2.05) is 0 Å². The Balaban J connectivity index is 1.80. The highest BCUT2D eigenvalue weighted by molar-refractivity contribution is 5.67. The van der Waals surface area contributed by atoms with Gasteiger partial charge in [0, 0.05) is 12.6 Å². The van der Waals surface area contributed by atoms with Gasteiger partial charge in [-0.15, -0.1) is 0 Å². The molecule has 0 aromatic heterocycles. The lowest BCUT2D eigenvalue weighted by Gasteiger charge is -2.25. The van der Waals surface area contributed by atoms with Crippen molar-refractivity contribution in [2.45, 2.75) is 12.5 Å². The monoisotopic (exact) mass is 271 g/mol. The van der Waals surface area contributed by atoms with E-state index in [9.17, 15) is 8.78 Å². The molecule has 3 heteroatoms. The summed E-state index contributed by atoms with van der Waals surface area (Å²) in [6.07, 6.45) is 2.94. The third-order valence-corrected chi connectivity index (χ3v) is 3.62. The van der Waals surface area contributed by atoms with E-state index >= 15 is 0 Å².